The Kier molecular flexibility index (Phi) is 3.23. The Morgan fingerprint density at radius 3 is 3.00 bits per heavy atom. The lowest BCUT2D eigenvalue weighted by atomic mass is 10.1. The molecule has 1 aromatic carbocycles. The van der Waals surface area contributed by atoms with Crippen LogP contribution in [0.25, 0.3) is 0 Å². The average Bonchev–Trinajstić information content (AvgIpc) is 2.55. The zero-order valence-electron chi connectivity index (χ0n) is 9.27. The van der Waals surface area contributed by atoms with Crippen LogP contribution >= 0.6 is 11.9 Å². The van der Waals surface area contributed by atoms with E-state index in [1.807, 2.05) is 18.4 Å². The third kappa shape index (κ3) is 2.36. The molecular formula is C11H12N2O3S. The second kappa shape index (κ2) is 4.67. The van der Waals surface area contributed by atoms with Gasteiger partial charge >= 0.3 is 5.97 Å². The summed E-state index contributed by atoms with van der Waals surface area (Å²) in [5, 5.41) is 8.75. The van der Waals surface area contributed by atoms with E-state index in [-0.39, 0.29) is 18.9 Å². The van der Waals surface area contributed by atoms with Crippen molar-refractivity contribution >= 4 is 35.2 Å². The molecule has 1 aliphatic heterocycles. The molecule has 6 heteroatoms. The van der Waals surface area contributed by atoms with Gasteiger partial charge in [-0.3, -0.25) is 9.59 Å². The van der Waals surface area contributed by atoms with E-state index in [0.717, 1.165) is 11.3 Å². The van der Waals surface area contributed by atoms with Crippen LogP contribution in [0.5, 0.6) is 0 Å². The topological polar surface area (TPSA) is 69.6 Å². The number of nitrogens with one attached hydrogen (secondary N) is 1. The van der Waals surface area contributed by atoms with Crippen LogP contribution in [0.1, 0.15) is 5.56 Å². The van der Waals surface area contributed by atoms with Crippen molar-refractivity contribution in [3.63, 3.8) is 0 Å². The van der Waals surface area contributed by atoms with Gasteiger partial charge in [0.15, 0.2) is 0 Å². The molecule has 1 aliphatic rings. The molecule has 1 aromatic rings. The molecule has 5 nitrogen and oxygen atoms in total. The van der Waals surface area contributed by atoms with Gasteiger partial charge in [0.1, 0.15) is 6.54 Å². The van der Waals surface area contributed by atoms with Crippen molar-refractivity contribution in [1.29, 1.82) is 0 Å². The maximum atomic E-state index is 11.7. The molecular weight excluding hydrogens is 240 g/mol. The third-order valence-corrected chi connectivity index (χ3v) is 2.97. The van der Waals surface area contributed by atoms with E-state index in [1.54, 1.807) is 6.07 Å². The zero-order chi connectivity index (χ0) is 12.4. The van der Waals surface area contributed by atoms with Gasteiger partial charge in [-0.15, -0.1) is 0 Å². The number of benzene rings is 1. The fourth-order valence-electron chi connectivity index (χ4n) is 1.87. The Balaban J connectivity index is 2.28. The summed E-state index contributed by atoms with van der Waals surface area (Å²) in [4.78, 5) is 23.6. The third-order valence-electron chi connectivity index (χ3n) is 2.53. The number of fused-ring (bicyclic) bond motifs is 1. The molecule has 90 valence electrons. The first-order valence-corrected chi connectivity index (χ1v) is 6.28. The lowest BCUT2D eigenvalue weighted by Crippen LogP contribution is -2.32. The van der Waals surface area contributed by atoms with Gasteiger partial charge in [0.2, 0.25) is 5.91 Å². The lowest BCUT2D eigenvalue weighted by Gasteiger charge is -2.14. The fourth-order valence-corrected chi connectivity index (χ4v) is 2.24. The van der Waals surface area contributed by atoms with Gasteiger partial charge in [-0.05, 0) is 23.8 Å². The number of rotatable bonds is 4. The van der Waals surface area contributed by atoms with Gasteiger partial charge in [-0.1, -0.05) is 11.9 Å². The summed E-state index contributed by atoms with van der Waals surface area (Å²) < 4.78 is 3.08. The van der Waals surface area contributed by atoms with Crippen molar-refractivity contribution in [2.45, 2.75) is 6.42 Å². The number of anilines is 2. The first-order chi connectivity index (χ1) is 8.11. The van der Waals surface area contributed by atoms with Gasteiger partial charge in [-0.25, -0.2) is 0 Å². The van der Waals surface area contributed by atoms with Crippen LogP contribution in [-0.4, -0.2) is 29.8 Å². The summed E-state index contributed by atoms with van der Waals surface area (Å²) in [5.74, 6) is -1.17. The summed E-state index contributed by atoms with van der Waals surface area (Å²) in [6, 6.07) is 5.50. The van der Waals surface area contributed by atoms with E-state index in [4.69, 9.17) is 5.11 Å². The standard InChI is InChI=1S/C11H12N2O3S/c1-17-12-8-2-3-9-7(4-8)5-10(14)13(9)6-11(15)16/h2-4,12H,5-6H2,1H3,(H,15,16). The number of aliphatic carboxylic acids is 1. The Bertz CT molecular complexity index is 476. The van der Waals surface area contributed by atoms with Gasteiger partial charge in [0, 0.05) is 17.6 Å². The van der Waals surface area contributed by atoms with Crippen LogP contribution in [0.4, 0.5) is 11.4 Å². The normalized spacial score (nSPS) is 13.7. The second-order valence-electron chi connectivity index (χ2n) is 3.70. The monoisotopic (exact) mass is 252 g/mol. The molecule has 0 unspecified atom stereocenters. The molecule has 0 saturated carbocycles. The lowest BCUT2D eigenvalue weighted by molar-refractivity contribution is -0.136. The zero-order valence-corrected chi connectivity index (χ0v) is 10.1. The Morgan fingerprint density at radius 1 is 1.59 bits per heavy atom. The number of carbonyl (C=O) groups is 2. The minimum atomic E-state index is -1.00. The van der Waals surface area contributed by atoms with Crippen LogP contribution in [-0.2, 0) is 16.0 Å². The molecule has 0 saturated heterocycles. The van der Waals surface area contributed by atoms with E-state index in [1.165, 1.54) is 16.8 Å². The number of amides is 1. The molecule has 0 aromatic heterocycles. The van der Waals surface area contributed by atoms with Crippen LogP contribution in [0, 0.1) is 0 Å². The molecule has 1 amide bonds. The van der Waals surface area contributed by atoms with E-state index in [9.17, 15) is 9.59 Å². The molecule has 1 heterocycles. The first-order valence-electron chi connectivity index (χ1n) is 5.06. The van der Waals surface area contributed by atoms with Gasteiger partial charge in [-0.2, -0.15) is 0 Å². The van der Waals surface area contributed by atoms with Crippen molar-refractivity contribution in [2.24, 2.45) is 0 Å². The number of hydrogen-bond acceptors (Lipinski definition) is 4. The molecule has 0 bridgehead atoms. The molecule has 0 aliphatic carbocycles. The Morgan fingerprint density at radius 2 is 2.35 bits per heavy atom. The van der Waals surface area contributed by atoms with Crippen molar-refractivity contribution in [3.8, 4) is 0 Å². The summed E-state index contributed by atoms with van der Waals surface area (Å²) in [6.45, 7) is -0.277. The first kappa shape index (κ1) is 11.8. The Labute approximate surface area is 103 Å². The number of nitrogens with zero attached hydrogens (tertiary/aromatic N) is 1. The molecule has 17 heavy (non-hydrogen) atoms. The largest absolute Gasteiger partial charge is 0.480 e. The van der Waals surface area contributed by atoms with Crippen molar-refractivity contribution in [2.75, 3.05) is 22.4 Å². The van der Waals surface area contributed by atoms with Gasteiger partial charge < -0.3 is 14.7 Å². The molecule has 0 radical (unpaired) electrons. The quantitative estimate of drug-likeness (QED) is 0.792. The van der Waals surface area contributed by atoms with Crippen molar-refractivity contribution in [1.82, 2.24) is 0 Å². The van der Waals surface area contributed by atoms with Crippen LogP contribution in [0.3, 0.4) is 0 Å². The summed E-state index contributed by atoms with van der Waals surface area (Å²) in [7, 11) is 0. The van der Waals surface area contributed by atoms with Crippen molar-refractivity contribution < 1.29 is 14.7 Å². The summed E-state index contributed by atoms with van der Waals surface area (Å²) in [5.41, 5.74) is 2.49. The smallest absolute Gasteiger partial charge is 0.323 e. The van der Waals surface area contributed by atoms with E-state index in [0.29, 0.717) is 5.69 Å². The number of carboxylic acids is 1. The van der Waals surface area contributed by atoms with E-state index < -0.39 is 5.97 Å². The molecule has 0 atom stereocenters. The maximum absolute atomic E-state index is 11.7. The summed E-state index contributed by atoms with van der Waals surface area (Å²) >= 11 is 1.47. The highest BCUT2D eigenvalue weighted by molar-refractivity contribution is 7.99. The van der Waals surface area contributed by atoms with Crippen molar-refractivity contribution in [3.05, 3.63) is 23.8 Å². The van der Waals surface area contributed by atoms with Crippen LogP contribution < -0.4 is 9.62 Å². The predicted octanol–water partition coefficient (Wildman–Crippen LogP) is 1.35. The fraction of sp³-hybridized carbons (Fsp3) is 0.273. The van der Waals surface area contributed by atoms with Gasteiger partial charge in [0.25, 0.3) is 0 Å². The highest BCUT2D eigenvalue weighted by atomic mass is 32.2. The molecule has 0 fully saturated rings. The summed E-state index contributed by atoms with van der Waals surface area (Å²) in [6.07, 6.45) is 2.18. The highest BCUT2D eigenvalue weighted by Crippen LogP contribution is 2.31. The van der Waals surface area contributed by atoms with E-state index >= 15 is 0 Å². The maximum Gasteiger partial charge on any atom is 0.323 e. The predicted molar refractivity (Wildman–Crippen MR) is 67.3 cm³/mol. The average molecular weight is 252 g/mol. The molecule has 2 N–H and O–H groups in total. The number of carboxylic acid groups (broad SMARTS) is 1. The van der Waals surface area contributed by atoms with E-state index in [2.05, 4.69) is 4.72 Å². The van der Waals surface area contributed by atoms with Crippen LogP contribution in [0.2, 0.25) is 0 Å². The number of hydrogen-bond donors (Lipinski definition) is 2. The minimum Gasteiger partial charge on any atom is -0.480 e. The minimum absolute atomic E-state index is 0.163. The highest BCUT2D eigenvalue weighted by Gasteiger charge is 2.28. The molecule has 0 spiro atoms. The number of carbonyl (C=O) groups excluding carboxylic acids is 1. The Hall–Kier alpha value is -1.69. The second-order valence-corrected chi connectivity index (χ2v) is 4.31. The van der Waals surface area contributed by atoms with Gasteiger partial charge in [0.05, 0.1) is 6.42 Å². The molecule has 2 rings (SSSR count). The SMILES string of the molecule is CSNc1ccc2c(c1)CC(=O)N2CC(=O)O. The van der Waals surface area contributed by atoms with Crippen LogP contribution in [0.15, 0.2) is 18.2 Å².